The predicted molar refractivity (Wildman–Crippen MR) is 78.7 cm³/mol. The van der Waals surface area contributed by atoms with E-state index >= 15 is 0 Å². The molecule has 0 aliphatic rings. The second-order valence-corrected chi connectivity index (χ2v) is 6.35. The molecule has 0 saturated heterocycles. The number of hydrogen-bond donors (Lipinski definition) is 0. The number of ether oxygens (including phenoxy) is 1. The van der Waals surface area contributed by atoms with Crippen molar-refractivity contribution in [2.75, 3.05) is 6.61 Å². The highest BCUT2D eigenvalue weighted by Gasteiger charge is 2.23. The fourth-order valence-corrected chi connectivity index (χ4v) is 2.79. The molecule has 2 rings (SSSR count). The van der Waals surface area contributed by atoms with E-state index < -0.39 is 6.95 Å². The van der Waals surface area contributed by atoms with Gasteiger partial charge in [-0.05, 0) is 31.2 Å². The summed E-state index contributed by atoms with van der Waals surface area (Å²) in [5.74, 6) is 1.33. The molecule has 0 saturated carbocycles. The summed E-state index contributed by atoms with van der Waals surface area (Å²) in [7, 11) is 0. The van der Waals surface area contributed by atoms with E-state index in [0.29, 0.717) is 11.5 Å². The van der Waals surface area contributed by atoms with Gasteiger partial charge in [-0.1, -0.05) is 30.3 Å². The molecule has 6 heteroatoms. The summed E-state index contributed by atoms with van der Waals surface area (Å²) < 4.78 is 27.6. The topological polar surface area (TPSA) is 44.8 Å². The molecular weight excluding hydrogens is 299 g/mol. The zero-order valence-electron chi connectivity index (χ0n) is 10.9. The van der Waals surface area contributed by atoms with E-state index in [4.69, 9.17) is 25.0 Å². The van der Waals surface area contributed by atoms with Crippen LogP contribution in [0.2, 0.25) is 0 Å². The molecule has 0 heterocycles. The number of benzene rings is 2. The molecule has 0 N–H and O–H groups in total. The molecule has 0 spiro atoms. The van der Waals surface area contributed by atoms with Crippen LogP contribution in [-0.2, 0) is 9.09 Å². The third-order valence-corrected chi connectivity index (χ3v) is 3.79. The third-order valence-electron chi connectivity index (χ3n) is 2.31. The van der Waals surface area contributed by atoms with Gasteiger partial charge in [0.25, 0.3) is 0 Å². The molecule has 0 aliphatic carbocycles. The standard InChI is InChI=1S/C14H14ClO4P/c1-2-17-20(15,16)19-14-11-7-6-10-13(14)18-12-8-4-3-5-9-12/h3-11H,2H2,1H3. The van der Waals surface area contributed by atoms with Crippen LogP contribution < -0.4 is 9.26 Å². The van der Waals surface area contributed by atoms with Gasteiger partial charge in [-0.25, -0.2) is 4.57 Å². The first-order chi connectivity index (χ1) is 9.61. The molecule has 0 fully saturated rings. The SMILES string of the molecule is CCOP(=O)(Cl)Oc1ccccc1Oc1ccccc1. The fourth-order valence-electron chi connectivity index (χ4n) is 1.52. The number of halogens is 1. The van der Waals surface area contributed by atoms with Gasteiger partial charge in [0.1, 0.15) is 5.75 Å². The van der Waals surface area contributed by atoms with E-state index in [2.05, 4.69) is 0 Å². The molecular formula is C14H14ClO4P. The van der Waals surface area contributed by atoms with Crippen molar-refractivity contribution in [3.05, 3.63) is 54.6 Å². The maximum Gasteiger partial charge on any atom is 0.476 e. The van der Waals surface area contributed by atoms with Crippen LogP contribution in [0.15, 0.2) is 54.6 Å². The van der Waals surface area contributed by atoms with Crippen molar-refractivity contribution in [2.24, 2.45) is 0 Å². The van der Waals surface area contributed by atoms with Crippen LogP contribution in [0, 0.1) is 0 Å². The van der Waals surface area contributed by atoms with Crippen molar-refractivity contribution in [2.45, 2.75) is 6.92 Å². The van der Waals surface area contributed by atoms with E-state index in [0.717, 1.165) is 0 Å². The quantitative estimate of drug-likeness (QED) is 0.684. The third kappa shape index (κ3) is 4.27. The Balaban J connectivity index is 2.20. The minimum atomic E-state index is -3.65. The van der Waals surface area contributed by atoms with Crippen LogP contribution in [-0.4, -0.2) is 6.61 Å². The van der Waals surface area contributed by atoms with Gasteiger partial charge in [0.15, 0.2) is 11.5 Å². The van der Waals surface area contributed by atoms with Crippen LogP contribution in [0.25, 0.3) is 0 Å². The van der Waals surface area contributed by atoms with Gasteiger partial charge in [-0.15, -0.1) is 0 Å². The summed E-state index contributed by atoms with van der Waals surface area (Å²) in [5.41, 5.74) is 0. The number of para-hydroxylation sites is 3. The van der Waals surface area contributed by atoms with Gasteiger partial charge < -0.3 is 9.26 Å². The average molecular weight is 313 g/mol. The highest BCUT2D eigenvalue weighted by atomic mass is 35.7. The van der Waals surface area contributed by atoms with Gasteiger partial charge in [0, 0.05) is 11.2 Å². The van der Waals surface area contributed by atoms with Gasteiger partial charge in [0.05, 0.1) is 6.61 Å². The number of hydrogen-bond acceptors (Lipinski definition) is 4. The van der Waals surface area contributed by atoms with Crippen molar-refractivity contribution in [3.8, 4) is 17.2 Å². The van der Waals surface area contributed by atoms with E-state index in [1.807, 2.05) is 18.2 Å². The minimum absolute atomic E-state index is 0.197. The lowest BCUT2D eigenvalue weighted by Crippen LogP contribution is -1.94. The summed E-state index contributed by atoms with van der Waals surface area (Å²) in [6.07, 6.45) is 0. The molecule has 106 valence electrons. The van der Waals surface area contributed by atoms with E-state index in [1.54, 1.807) is 43.3 Å². The van der Waals surface area contributed by atoms with E-state index in [-0.39, 0.29) is 12.4 Å². The number of rotatable bonds is 6. The first-order valence-electron chi connectivity index (χ1n) is 6.06. The second-order valence-electron chi connectivity index (χ2n) is 3.80. The van der Waals surface area contributed by atoms with E-state index in [1.165, 1.54) is 0 Å². The molecule has 1 unspecified atom stereocenters. The lowest BCUT2D eigenvalue weighted by atomic mass is 10.3. The molecule has 0 radical (unpaired) electrons. The van der Waals surface area contributed by atoms with Crippen LogP contribution in [0.1, 0.15) is 6.92 Å². The maximum absolute atomic E-state index is 11.9. The van der Waals surface area contributed by atoms with Crippen molar-refractivity contribution in [1.29, 1.82) is 0 Å². The Morgan fingerprint density at radius 1 is 1.00 bits per heavy atom. The summed E-state index contributed by atoms with van der Waals surface area (Å²) in [5, 5.41) is 0. The first kappa shape index (κ1) is 14.9. The average Bonchev–Trinajstić information content (AvgIpc) is 2.42. The Labute approximate surface area is 122 Å². The minimum Gasteiger partial charge on any atom is -0.453 e. The van der Waals surface area contributed by atoms with Crippen molar-refractivity contribution in [1.82, 2.24) is 0 Å². The van der Waals surface area contributed by atoms with Crippen molar-refractivity contribution >= 4 is 18.2 Å². The summed E-state index contributed by atoms with van der Waals surface area (Å²) in [6.45, 7) is -1.77. The van der Waals surface area contributed by atoms with Gasteiger partial charge in [-0.3, -0.25) is 4.52 Å². The highest BCUT2D eigenvalue weighted by Crippen LogP contribution is 2.54. The zero-order chi connectivity index (χ0) is 14.4. The lowest BCUT2D eigenvalue weighted by Gasteiger charge is -2.15. The Morgan fingerprint density at radius 3 is 2.25 bits per heavy atom. The molecule has 4 nitrogen and oxygen atoms in total. The molecule has 2 aromatic carbocycles. The smallest absolute Gasteiger partial charge is 0.453 e. The van der Waals surface area contributed by atoms with Crippen molar-refractivity contribution < 1.29 is 18.3 Å². The van der Waals surface area contributed by atoms with Crippen LogP contribution >= 0.6 is 18.2 Å². The molecule has 0 aliphatic heterocycles. The summed E-state index contributed by atoms with van der Waals surface area (Å²) in [6, 6.07) is 16.0. The normalized spacial score (nSPS) is 13.5. The van der Waals surface area contributed by atoms with Crippen LogP contribution in [0.5, 0.6) is 17.2 Å². The lowest BCUT2D eigenvalue weighted by molar-refractivity contribution is 0.291. The fraction of sp³-hybridized carbons (Fsp3) is 0.143. The van der Waals surface area contributed by atoms with Crippen LogP contribution in [0.4, 0.5) is 0 Å². The van der Waals surface area contributed by atoms with Crippen molar-refractivity contribution in [3.63, 3.8) is 0 Å². The highest BCUT2D eigenvalue weighted by molar-refractivity contribution is 7.81. The Kier molecular flexibility index (Phi) is 5.07. The van der Waals surface area contributed by atoms with Gasteiger partial charge >= 0.3 is 6.95 Å². The van der Waals surface area contributed by atoms with Gasteiger partial charge in [-0.2, -0.15) is 0 Å². The molecule has 2 aromatic rings. The van der Waals surface area contributed by atoms with E-state index in [9.17, 15) is 4.57 Å². The molecule has 20 heavy (non-hydrogen) atoms. The Morgan fingerprint density at radius 2 is 1.60 bits per heavy atom. The first-order valence-corrected chi connectivity index (χ1v) is 8.51. The molecule has 0 bridgehead atoms. The maximum atomic E-state index is 11.9. The zero-order valence-corrected chi connectivity index (χ0v) is 12.5. The Hall–Kier alpha value is -1.48. The largest absolute Gasteiger partial charge is 0.476 e. The summed E-state index contributed by atoms with van der Waals surface area (Å²) in [4.78, 5) is 0. The molecule has 1 atom stereocenters. The summed E-state index contributed by atoms with van der Waals surface area (Å²) >= 11 is 5.70. The molecule has 0 amide bonds. The predicted octanol–water partition coefficient (Wildman–Crippen LogP) is 5.24. The molecule has 0 aromatic heterocycles. The monoisotopic (exact) mass is 312 g/mol. The Bertz CT molecular complexity index is 603. The van der Waals surface area contributed by atoms with Crippen LogP contribution in [0.3, 0.4) is 0 Å². The second kappa shape index (κ2) is 6.80. The van der Waals surface area contributed by atoms with Gasteiger partial charge in [0.2, 0.25) is 0 Å².